The number of rotatable bonds is 6. The molecule has 0 radical (unpaired) electrons. The highest BCUT2D eigenvalue weighted by atomic mass is 79.9. The fraction of sp³-hybridized carbons (Fsp3) is 0.188. The molecule has 122 valence electrons. The minimum atomic E-state index is -0.502. The first-order valence-electron chi connectivity index (χ1n) is 6.60. The highest BCUT2D eigenvalue weighted by Gasteiger charge is 2.13. The first-order valence-corrected chi connectivity index (χ1v) is 8.56. The second-order valence-corrected chi connectivity index (χ2v) is 6.63. The Morgan fingerprint density at radius 1 is 1.09 bits per heavy atom. The minimum Gasteiger partial charge on any atom is -0.490 e. The van der Waals surface area contributed by atoms with Crippen molar-refractivity contribution in [2.24, 2.45) is 0 Å². The van der Waals surface area contributed by atoms with Gasteiger partial charge in [0.2, 0.25) is 0 Å². The summed E-state index contributed by atoms with van der Waals surface area (Å²) in [5.74, 6) is 0.426. The minimum absolute atomic E-state index is 0.302. The monoisotopic (exact) mass is 462 g/mol. The van der Waals surface area contributed by atoms with Crippen LogP contribution in [0.3, 0.4) is 0 Å². The van der Waals surface area contributed by atoms with Crippen LogP contribution in [0.1, 0.15) is 10.4 Å². The average Bonchev–Trinajstić information content (AvgIpc) is 2.51. The molecule has 2 rings (SSSR count). The molecule has 0 unspecified atom stereocenters. The second-order valence-electron chi connectivity index (χ2n) is 4.45. The van der Waals surface area contributed by atoms with Gasteiger partial charge in [-0.1, -0.05) is 27.5 Å². The predicted molar refractivity (Wildman–Crippen MR) is 95.6 cm³/mol. The zero-order valence-electron chi connectivity index (χ0n) is 12.1. The predicted octanol–water partition coefficient (Wildman–Crippen LogP) is 5.11. The van der Waals surface area contributed by atoms with Gasteiger partial charge in [-0.15, -0.1) is 0 Å². The molecule has 0 fully saturated rings. The Kier molecular flexibility index (Phi) is 6.89. The molecule has 0 bridgehead atoms. The van der Waals surface area contributed by atoms with E-state index in [1.165, 1.54) is 0 Å². The lowest BCUT2D eigenvalue weighted by molar-refractivity contribution is 0.0734. The van der Waals surface area contributed by atoms with E-state index in [0.717, 1.165) is 4.47 Å². The maximum Gasteiger partial charge on any atom is 0.343 e. The summed E-state index contributed by atoms with van der Waals surface area (Å²) in [7, 11) is 1.60. The fourth-order valence-electron chi connectivity index (χ4n) is 1.70. The summed E-state index contributed by atoms with van der Waals surface area (Å²) >= 11 is 12.7. The molecule has 0 aliphatic heterocycles. The third-order valence-corrected chi connectivity index (χ3v) is 4.22. The molecule has 0 saturated carbocycles. The lowest BCUT2D eigenvalue weighted by Gasteiger charge is -2.10. The standard InChI is InChI=1S/C16H13Br2ClO4/c1-21-6-7-22-14-4-2-10(8-12(14)18)16(20)23-15-5-3-11(17)9-13(15)19/h2-5,8-9H,6-7H2,1H3. The molecule has 0 heterocycles. The quantitative estimate of drug-likeness (QED) is 0.339. The Morgan fingerprint density at radius 2 is 1.83 bits per heavy atom. The highest BCUT2D eigenvalue weighted by molar-refractivity contribution is 9.10. The van der Waals surface area contributed by atoms with E-state index in [-0.39, 0.29) is 0 Å². The zero-order valence-corrected chi connectivity index (χ0v) is 16.1. The van der Waals surface area contributed by atoms with Gasteiger partial charge in [0.15, 0.2) is 0 Å². The molecule has 2 aromatic carbocycles. The first kappa shape index (κ1) is 18.3. The van der Waals surface area contributed by atoms with Crippen LogP contribution in [0.15, 0.2) is 45.3 Å². The summed E-state index contributed by atoms with van der Waals surface area (Å²) in [6, 6.07) is 9.99. The lowest BCUT2D eigenvalue weighted by atomic mass is 10.2. The van der Waals surface area contributed by atoms with Crippen LogP contribution in [0.4, 0.5) is 0 Å². The van der Waals surface area contributed by atoms with Crippen molar-refractivity contribution in [1.82, 2.24) is 0 Å². The van der Waals surface area contributed by atoms with Gasteiger partial charge in [0, 0.05) is 11.6 Å². The van der Waals surface area contributed by atoms with E-state index in [1.807, 2.05) is 0 Å². The highest BCUT2D eigenvalue weighted by Crippen LogP contribution is 2.30. The maximum absolute atomic E-state index is 12.2. The molecule has 0 N–H and O–H groups in total. The summed E-state index contributed by atoms with van der Waals surface area (Å²) in [6.07, 6.45) is 0. The van der Waals surface area contributed by atoms with Crippen molar-refractivity contribution in [1.29, 1.82) is 0 Å². The van der Waals surface area contributed by atoms with E-state index in [9.17, 15) is 4.79 Å². The van der Waals surface area contributed by atoms with Crippen LogP contribution in [0, 0.1) is 0 Å². The van der Waals surface area contributed by atoms with Gasteiger partial charge in [-0.3, -0.25) is 0 Å². The van der Waals surface area contributed by atoms with E-state index in [2.05, 4.69) is 31.9 Å². The van der Waals surface area contributed by atoms with Crippen LogP contribution in [-0.4, -0.2) is 26.3 Å². The van der Waals surface area contributed by atoms with Gasteiger partial charge in [0.05, 0.1) is 21.7 Å². The summed E-state index contributed by atoms with van der Waals surface area (Å²) in [4.78, 5) is 12.2. The lowest BCUT2D eigenvalue weighted by Crippen LogP contribution is -2.09. The summed E-state index contributed by atoms with van der Waals surface area (Å²) in [5, 5.41) is 0.353. The van der Waals surface area contributed by atoms with Crippen LogP contribution in [-0.2, 0) is 4.74 Å². The molecule has 7 heteroatoms. The Balaban J connectivity index is 2.09. The average molecular weight is 465 g/mol. The van der Waals surface area contributed by atoms with E-state index in [0.29, 0.717) is 39.8 Å². The Bertz CT molecular complexity index is 706. The van der Waals surface area contributed by atoms with Crippen LogP contribution in [0.5, 0.6) is 11.5 Å². The van der Waals surface area contributed by atoms with E-state index in [4.69, 9.17) is 25.8 Å². The number of hydrogen-bond acceptors (Lipinski definition) is 4. The second kappa shape index (κ2) is 8.68. The van der Waals surface area contributed by atoms with Gasteiger partial charge < -0.3 is 14.2 Å². The van der Waals surface area contributed by atoms with Gasteiger partial charge in [-0.25, -0.2) is 4.79 Å². The van der Waals surface area contributed by atoms with Gasteiger partial charge >= 0.3 is 5.97 Å². The number of carbonyl (C=O) groups is 1. The topological polar surface area (TPSA) is 44.8 Å². The molecule has 0 amide bonds. The summed E-state index contributed by atoms with van der Waals surface area (Å²) in [6.45, 7) is 0.908. The molecule has 23 heavy (non-hydrogen) atoms. The molecule has 2 aromatic rings. The largest absolute Gasteiger partial charge is 0.490 e. The van der Waals surface area contributed by atoms with Crippen molar-refractivity contribution in [3.05, 3.63) is 55.9 Å². The third kappa shape index (κ3) is 5.21. The van der Waals surface area contributed by atoms with Crippen LogP contribution in [0.25, 0.3) is 0 Å². The van der Waals surface area contributed by atoms with Gasteiger partial charge in [0.25, 0.3) is 0 Å². The molecule has 0 aliphatic rings. The van der Waals surface area contributed by atoms with Crippen molar-refractivity contribution < 1.29 is 19.0 Å². The van der Waals surface area contributed by atoms with Crippen LogP contribution < -0.4 is 9.47 Å². The van der Waals surface area contributed by atoms with E-state index in [1.54, 1.807) is 43.5 Å². The SMILES string of the molecule is COCCOc1ccc(C(=O)Oc2ccc(Br)cc2Cl)cc1Br. The number of halogens is 3. The van der Waals surface area contributed by atoms with E-state index >= 15 is 0 Å². The first-order chi connectivity index (χ1) is 11.0. The number of methoxy groups -OCH3 is 1. The summed E-state index contributed by atoms with van der Waals surface area (Å²) < 4.78 is 17.2. The fourth-order valence-corrected chi connectivity index (χ4v) is 2.90. The number of esters is 1. The van der Waals surface area contributed by atoms with Crippen molar-refractivity contribution in [2.75, 3.05) is 20.3 Å². The molecule has 0 saturated heterocycles. The van der Waals surface area contributed by atoms with E-state index < -0.39 is 5.97 Å². The molecule has 4 nitrogen and oxygen atoms in total. The van der Waals surface area contributed by atoms with Crippen LogP contribution >= 0.6 is 43.5 Å². The van der Waals surface area contributed by atoms with Gasteiger partial charge in [0.1, 0.15) is 18.1 Å². The summed E-state index contributed by atoms with van der Waals surface area (Å²) in [5.41, 5.74) is 0.384. The molecule has 0 spiro atoms. The Morgan fingerprint density at radius 3 is 2.48 bits per heavy atom. The van der Waals surface area contributed by atoms with Crippen molar-refractivity contribution in [2.45, 2.75) is 0 Å². The Hall–Kier alpha value is -1.08. The molecule has 0 atom stereocenters. The van der Waals surface area contributed by atoms with Crippen LogP contribution in [0.2, 0.25) is 5.02 Å². The van der Waals surface area contributed by atoms with Gasteiger partial charge in [-0.2, -0.15) is 0 Å². The normalized spacial score (nSPS) is 10.4. The number of benzene rings is 2. The van der Waals surface area contributed by atoms with Gasteiger partial charge in [-0.05, 0) is 52.3 Å². The van der Waals surface area contributed by atoms with Crippen molar-refractivity contribution in [3.8, 4) is 11.5 Å². The third-order valence-electron chi connectivity index (χ3n) is 2.81. The number of carbonyl (C=O) groups excluding carboxylic acids is 1. The molecular formula is C16H13Br2ClO4. The number of hydrogen-bond donors (Lipinski definition) is 0. The number of ether oxygens (including phenoxy) is 3. The van der Waals surface area contributed by atoms with Crippen molar-refractivity contribution >= 4 is 49.4 Å². The van der Waals surface area contributed by atoms with Crippen molar-refractivity contribution in [3.63, 3.8) is 0 Å². The molecule has 0 aromatic heterocycles. The molecule has 0 aliphatic carbocycles. The smallest absolute Gasteiger partial charge is 0.343 e. The maximum atomic E-state index is 12.2. The Labute approximate surface area is 155 Å². The molecular weight excluding hydrogens is 451 g/mol. The zero-order chi connectivity index (χ0) is 16.8.